The quantitative estimate of drug-likeness (QED) is 0.372. The van der Waals surface area contributed by atoms with Crippen molar-refractivity contribution in [2.45, 2.75) is 26.2 Å². The molecule has 36 heavy (non-hydrogen) atoms. The van der Waals surface area contributed by atoms with Gasteiger partial charge in [-0.2, -0.15) is 5.10 Å². The smallest absolute Gasteiger partial charge is 0.268 e. The van der Waals surface area contributed by atoms with E-state index in [9.17, 15) is 9.59 Å². The lowest BCUT2D eigenvalue weighted by atomic mass is 9.92. The number of hydrogen-bond donors (Lipinski definition) is 2. The standard InChI is InChI=1S/C27H24N6O3/c1-27(2,3)21-15-22(33(32-21)18-9-5-4-6-10-18)30-26(35)17-8-7-11-19(14-17)36-20-12-13-28-25-24(20)29-16-23(34)31-25/h4-16H,1-3H3,(H,30,35)(H,28,31,34). The summed E-state index contributed by atoms with van der Waals surface area (Å²) >= 11 is 0. The molecule has 2 aromatic carbocycles. The van der Waals surface area contributed by atoms with Crippen molar-refractivity contribution in [1.29, 1.82) is 0 Å². The van der Waals surface area contributed by atoms with Crippen LogP contribution in [0.5, 0.6) is 11.5 Å². The summed E-state index contributed by atoms with van der Waals surface area (Å²) < 4.78 is 7.72. The number of anilines is 1. The average molecular weight is 481 g/mol. The van der Waals surface area contributed by atoms with Crippen molar-refractivity contribution in [1.82, 2.24) is 24.7 Å². The first-order valence-electron chi connectivity index (χ1n) is 11.4. The largest absolute Gasteiger partial charge is 0.455 e. The molecule has 2 N–H and O–H groups in total. The van der Waals surface area contributed by atoms with E-state index in [2.05, 4.69) is 41.0 Å². The predicted molar refractivity (Wildman–Crippen MR) is 137 cm³/mol. The van der Waals surface area contributed by atoms with Crippen molar-refractivity contribution < 1.29 is 9.53 Å². The van der Waals surface area contributed by atoms with Gasteiger partial charge in [0.25, 0.3) is 11.5 Å². The van der Waals surface area contributed by atoms with E-state index in [1.807, 2.05) is 36.4 Å². The molecule has 9 nitrogen and oxygen atoms in total. The van der Waals surface area contributed by atoms with Crippen LogP contribution in [0.3, 0.4) is 0 Å². The molecule has 0 bridgehead atoms. The molecule has 0 aliphatic carbocycles. The number of para-hydroxylation sites is 1. The Bertz CT molecular complexity index is 1620. The fraction of sp³-hybridized carbons (Fsp3) is 0.148. The molecule has 3 heterocycles. The first-order chi connectivity index (χ1) is 17.3. The van der Waals surface area contributed by atoms with Crippen molar-refractivity contribution in [3.63, 3.8) is 0 Å². The highest BCUT2D eigenvalue weighted by Crippen LogP contribution is 2.28. The number of carbonyl (C=O) groups is 1. The number of hydrogen-bond acceptors (Lipinski definition) is 6. The van der Waals surface area contributed by atoms with Crippen molar-refractivity contribution >= 4 is 22.9 Å². The number of aromatic nitrogens is 5. The number of pyridine rings is 1. The van der Waals surface area contributed by atoms with Crippen LogP contribution < -0.4 is 15.6 Å². The van der Waals surface area contributed by atoms with Crippen molar-refractivity contribution in [2.75, 3.05) is 5.32 Å². The van der Waals surface area contributed by atoms with Crippen LogP contribution in [0.2, 0.25) is 0 Å². The van der Waals surface area contributed by atoms with Gasteiger partial charge in [0, 0.05) is 29.3 Å². The molecule has 180 valence electrons. The van der Waals surface area contributed by atoms with Gasteiger partial charge in [-0.3, -0.25) is 9.59 Å². The van der Waals surface area contributed by atoms with Crippen molar-refractivity contribution in [3.8, 4) is 17.2 Å². The molecular formula is C27H24N6O3. The Morgan fingerprint density at radius 1 is 1.00 bits per heavy atom. The van der Waals surface area contributed by atoms with Crippen molar-refractivity contribution in [2.24, 2.45) is 0 Å². The average Bonchev–Trinajstić information content (AvgIpc) is 3.29. The zero-order valence-corrected chi connectivity index (χ0v) is 20.0. The summed E-state index contributed by atoms with van der Waals surface area (Å²) in [6.45, 7) is 6.22. The molecule has 0 saturated heterocycles. The van der Waals surface area contributed by atoms with E-state index in [4.69, 9.17) is 9.84 Å². The molecule has 0 aliphatic rings. The molecular weight excluding hydrogens is 456 g/mol. The number of fused-ring (bicyclic) bond motifs is 1. The maximum atomic E-state index is 13.2. The minimum atomic E-state index is -0.352. The third-order valence-electron chi connectivity index (χ3n) is 5.48. The Balaban J connectivity index is 1.43. The number of benzene rings is 2. The second kappa shape index (κ2) is 9.10. The van der Waals surface area contributed by atoms with Gasteiger partial charge in [0.05, 0.1) is 17.6 Å². The first kappa shape index (κ1) is 23.0. The molecule has 0 fully saturated rings. The summed E-state index contributed by atoms with van der Waals surface area (Å²) in [5.74, 6) is 1.11. The number of ether oxygens (including phenoxy) is 1. The molecule has 3 aromatic heterocycles. The van der Waals surface area contributed by atoms with Gasteiger partial charge < -0.3 is 15.0 Å². The fourth-order valence-electron chi connectivity index (χ4n) is 3.63. The minimum absolute atomic E-state index is 0.196. The van der Waals surface area contributed by atoms with E-state index in [1.54, 1.807) is 35.0 Å². The third kappa shape index (κ3) is 4.72. The molecule has 0 unspecified atom stereocenters. The maximum Gasteiger partial charge on any atom is 0.268 e. The van der Waals surface area contributed by atoms with Gasteiger partial charge in [-0.15, -0.1) is 0 Å². The number of aromatic amines is 1. The molecule has 5 aromatic rings. The number of amides is 1. The van der Waals surface area contributed by atoms with Crippen LogP contribution in [0, 0.1) is 0 Å². The normalized spacial score (nSPS) is 11.4. The van der Waals surface area contributed by atoms with E-state index in [-0.39, 0.29) is 16.9 Å². The summed E-state index contributed by atoms with van der Waals surface area (Å²) in [4.78, 5) is 35.7. The summed E-state index contributed by atoms with van der Waals surface area (Å²) in [5.41, 5.74) is 2.29. The summed E-state index contributed by atoms with van der Waals surface area (Å²) in [6, 6.07) is 20.0. The molecule has 9 heteroatoms. The van der Waals surface area contributed by atoms with Crippen LogP contribution in [0.4, 0.5) is 5.82 Å². The van der Waals surface area contributed by atoms with Gasteiger partial charge in [0.15, 0.2) is 11.4 Å². The van der Waals surface area contributed by atoms with Crippen LogP contribution in [0.1, 0.15) is 36.8 Å². The van der Waals surface area contributed by atoms with E-state index < -0.39 is 0 Å². The van der Waals surface area contributed by atoms with E-state index in [0.717, 1.165) is 11.4 Å². The Kier molecular flexibility index (Phi) is 5.81. The van der Waals surface area contributed by atoms with Crippen LogP contribution >= 0.6 is 0 Å². The van der Waals surface area contributed by atoms with Crippen LogP contribution in [0.25, 0.3) is 16.9 Å². The highest BCUT2D eigenvalue weighted by atomic mass is 16.5. The number of H-pyrrole nitrogens is 1. The van der Waals surface area contributed by atoms with E-state index in [0.29, 0.717) is 34.0 Å². The van der Waals surface area contributed by atoms with Crippen molar-refractivity contribution in [3.05, 3.63) is 101 Å². The zero-order valence-electron chi connectivity index (χ0n) is 20.0. The molecule has 0 spiro atoms. The second-order valence-electron chi connectivity index (χ2n) is 9.25. The lowest BCUT2D eigenvalue weighted by Crippen LogP contribution is -2.15. The van der Waals surface area contributed by atoms with Gasteiger partial charge in [0.2, 0.25) is 0 Å². The Morgan fingerprint density at radius 3 is 2.58 bits per heavy atom. The number of rotatable bonds is 5. The summed E-state index contributed by atoms with van der Waals surface area (Å²) in [5, 5.41) is 7.73. The van der Waals surface area contributed by atoms with E-state index in [1.165, 1.54) is 12.4 Å². The van der Waals surface area contributed by atoms with Crippen LogP contribution in [-0.2, 0) is 5.41 Å². The Labute approximate surface area is 206 Å². The maximum absolute atomic E-state index is 13.2. The van der Waals surface area contributed by atoms with E-state index >= 15 is 0 Å². The van der Waals surface area contributed by atoms with Crippen LogP contribution in [-0.4, -0.2) is 30.6 Å². The number of nitrogens with one attached hydrogen (secondary N) is 2. The van der Waals surface area contributed by atoms with Gasteiger partial charge in [-0.05, 0) is 30.3 Å². The first-order valence-corrected chi connectivity index (χ1v) is 11.4. The summed E-state index contributed by atoms with van der Waals surface area (Å²) in [6.07, 6.45) is 2.69. The van der Waals surface area contributed by atoms with Gasteiger partial charge in [-0.1, -0.05) is 45.0 Å². The second-order valence-corrected chi connectivity index (χ2v) is 9.25. The SMILES string of the molecule is CC(C)(C)c1cc(NC(=O)c2cccc(Oc3ccnc4[nH]c(=O)cnc34)c2)n(-c2ccccc2)n1. The Morgan fingerprint density at radius 2 is 1.81 bits per heavy atom. The Hall–Kier alpha value is -4.79. The predicted octanol–water partition coefficient (Wildman–Crippen LogP) is 4.85. The number of carbonyl (C=O) groups excluding carboxylic acids is 1. The third-order valence-corrected chi connectivity index (χ3v) is 5.48. The van der Waals surface area contributed by atoms with Gasteiger partial charge in [-0.25, -0.2) is 14.6 Å². The number of nitrogens with zero attached hydrogens (tertiary/aromatic N) is 4. The lowest BCUT2D eigenvalue weighted by molar-refractivity contribution is 0.102. The molecule has 0 saturated carbocycles. The molecule has 1 amide bonds. The monoisotopic (exact) mass is 480 g/mol. The summed E-state index contributed by atoms with van der Waals surface area (Å²) in [7, 11) is 0. The molecule has 0 aliphatic heterocycles. The van der Waals surface area contributed by atoms with Gasteiger partial charge in [0.1, 0.15) is 17.1 Å². The zero-order chi connectivity index (χ0) is 25.3. The highest BCUT2D eigenvalue weighted by Gasteiger charge is 2.22. The highest BCUT2D eigenvalue weighted by molar-refractivity contribution is 6.04. The topological polar surface area (TPSA) is 115 Å². The minimum Gasteiger partial charge on any atom is -0.455 e. The van der Waals surface area contributed by atoms with Crippen LogP contribution in [0.15, 0.2) is 83.9 Å². The fourth-order valence-corrected chi connectivity index (χ4v) is 3.63. The van der Waals surface area contributed by atoms with Gasteiger partial charge >= 0.3 is 0 Å². The molecule has 0 atom stereocenters. The molecule has 5 rings (SSSR count). The lowest BCUT2D eigenvalue weighted by Gasteiger charge is -2.14. The molecule has 0 radical (unpaired) electrons.